The van der Waals surface area contributed by atoms with Crippen LogP contribution in [0, 0.1) is 0 Å². The lowest BCUT2D eigenvalue weighted by Gasteiger charge is -2.18. The van der Waals surface area contributed by atoms with E-state index in [1.54, 1.807) is 11.8 Å². The van der Waals surface area contributed by atoms with Crippen LogP contribution in [0.1, 0.15) is 24.4 Å². The van der Waals surface area contributed by atoms with E-state index in [-0.39, 0.29) is 6.10 Å². The van der Waals surface area contributed by atoms with E-state index in [0.717, 1.165) is 54.1 Å². The molecule has 0 radical (unpaired) electrons. The minimum atomic E-state index is 0.254. The van der Waals surface area contributed by atoms with Crippen molar-refractivity contribution in [1.29, 1.82) is 0 Å². The number of ether oxygens (including phenoxy) is 1. The van der Waals surface area contributed by atoms with E-state index in [1.165, 1.54) is 0 Å². The Balaban J connectivity index is 1.43. The fourth-order valence-electron chi connectivity index (χ4n) is 3.59. The van der Waals surface area contributed by atoms with E-state index in [9.17, 15) is 0 Å². The van der Waals surface area contributed by atoms with Gasteiger partial charge in [0.15, 0.2) is 5.16 Å². The van der Waals surface area contributed by atoms with Gasteiger partial charge < -0.3 is 13.7 Å². The van der Waals surface area contributed by atoms with Gasteiger partial charge in [0, 0.05) is 12.2 Å². The summed E-state index contributed by atoms with van der Waals surface area (Å²) in [5.41, 5.74) is 0.906. The first-order valence-corrected chi connectivity index (χ1v) is 11.3. The van der Waals surface area contributed by atoms with Gasteiger partial charge >= 0.3 is 0 Å². The number of furan rings is 1. The summed E-state index contributed by atoms with van der Waals surface area (Å²) in [7, 11) is 2.06. The van der Waals surface area contributed by atoms with E-state index in [4.69, 9.17) is 20.8 Å². The van der Waals surface area contributed by atoms with Crippen LogP contribution in [-0.4, -0.2) is 45.7 Å². The molecule has 8 heteroatoms. The standard InChI is InChI=1S/C21H25ClN4O2S/c1-25(12-16-9-10-19(28-16)17-7-3-4-8-18(17)22)14-20-23-24-21(29-2)26(20)13-15-6-5-11-27-15/h3-4,7-10,15H,5-6,11-14H2,1-2H3. The molecule has 3 heterocycles. The van der Waals surface area contributed by atoms with E-state index < -0.39 is 0 Å². The minimum Gasteiger partial charge on any atom is -0.460 e. The van der Waals surface area contributed by atoms with Gasteiger partial charge in [-0.25, -0.2) is 0 Å². The van der Waals surface area contributed by atoms with E-state index in [1.807, 2.05) is 42.7 Å². The van der Waals surface area contributed by atoms with E-state index in [2.05, 4.69) is 26.7 Å². The third-order valence-corrected chi connectivity index (χ3v) is 6.02. The van der Waals surface area contributed by atoms with Crippen LogP contribution in [0.25, 0.3) is 11.3 Å². The van der Waals surface area contributed by atoms with Gasteiger partial charge in [-0.2, -0.15) is 0 Å². The summed E-state index contributed by atoms with van der Waals surface area (Å²) in [6, 6.07) is 11.7. The molecule has 1 aromatic carbocycles. The summed E-state index contributed by atoms with van der Waals surface area (Å²) in [6.45, 7) is 3.01. The monoisotopic (exact) mass is 432 g/mol. The third-order valence-electron chi connectivity index (χ3n) is 5.02. The summed E-state index contributed by atoms with van der Waals surface area (Å²) in [4.78, 5) is 2.18. The van der Waals surface area contributed by atoms with Crippen molar-refractivity contribution in [2.24, 2.45) is 0 Å². The molecule has 1 atom stereocenters. The van der Waals surface area contributed by atoms with Crippen molar-refractivity contribution >= 4 is 23.4 Å². The molecule has 4 rings (SSSR count). The largest absolute Gasteiger partial charge is 0.460 e. The molecule has 0 amide bonds. The van der Waals surface area contributed by atoms with Crippen LogP contribution in [0.15, 0.2) is 46.0 Å². The number of nitrogens with zero attached hydrogens (tertiary/aromatic N) is 4. The summed E-state index contributed by atoms with van der Waals surface area (Å²) < 4.78 is 14.0. The molecule has 1 unspecified atom stereocenters. The zero-order valence-electron chi connectivity index (χ0n) is 16.7. The van der Waals surface area contributed by atoms with Crippen LogP contribution in [-0.2, 0) is 24.4 Å². The Hall–Kier alpha value is -1.80. The summed E-state index contributed by atoms with van der Waals surface area (Å²) in [5, 5.41) is 10.4. The SMILES string of the molecule is CSc1nnc(CN(C)Cc2ccc(-c3ccccc3Cl)o2)n1CC1CCCO1. The quantitative estimate of drug-likeness (QED) is 0.480. The molecular weight excluding hydrogens is 408 g/mol. The smallest absolute Gasteiger partial charge is 0.191 e. The zero-order chi connectivity index (χ0) is 20.2. The molecule has 3 aromatic rings. The van der Waals surface area contributed by atoms with Gasteiger partial charge in [0.05, 0.1) is 30.8 Å². The topological polar surface area (TPSA) is 56.3 Å². The first-order chi connectivity index (χ1) is 14.1. The summed E-state index contributed by atoms with van der Waals surface area (Å²) >= 11 is 7.90. The average Bonchev–Trinajstić information content (AvgIpc) is 3.45. The number of halogens is 1. The van der Waals surface area contributed by atoms with Crippen LogP contribution in [0.5, 0.6) is 0 Å². The Kier molecular flexibility index (Phi) is 6.60. The number of hydrogen-bond donors (Lipinski definition) is 0. The first kappa shape index (κ1) is 20.5. The normalized spacial score (nSPS) is 16.8. The minimum absolute atomic E-state index is 0.254. The highest BCUT2D eigenvalue weighted by Crippen LogP contribution is 2.29. The van der Waals surface area contributed by atoms with Gasteiger partial charge in [0.25, 0.3) is 0 Å². The molecule has 0 aliphatic carbocycles. The van der Waals surface area contributed by atoms with E-state index in [0.29, 0.717) is 18.1 Å². The first-order valence-electron chi connectivity index (χ1n) is 9.74. The van der Waals surface area contributed by atoms with Crippen LogP contribution < -0.4 is 0 Å². The second kappa shape index (κ2) is 9.34. The Morgan fingerprint density at radius 2 is 2.07 bits per heavy atom. The maximum atomic E-state index is 6.28. The van der Waals surface area contributed by atoms with Crippen molar-refractivity contribution < 1.29 is 9.15 Å². The predicted molar refractivity (Wildman–Crippen MR) is 115 cm³/mol. The molecule has 154 valence electrons. The molecule has 0 bridgehead atoms. The fraction of sp³-hybridized carbons (Fsp3) is 0.429. The molecule has 0 saturated carbocycles. The molecule has 0 N–H and O–H groups in total. The van der Waals surface area contributed by atoms with Crippen LogP contribution in [0.2, 0.25) is 5.02 Å². The lowest BCUT2D eigenvalue weighted by Crippen LogP contribution is -2.23. The van der Waals surface area contributed by atoms with Crippen LogP contribution >= 0.6 is 23.4 Å². The van der Waals surface area contributed by atoms with Crippen molar-refractivity contribution in [2.75, 3.05) is 19.9 Å². The van der Waals surface area contributed by atoms with Gasteiger partial charge in [-0.1, -0.05) is 35.5 Å². The lowest BCUT2D eigenvalue weighted by molar-refractivity contribution is 0.0934. The highest BCUT2D eigenvalue weighted by Gasteiger charge is 2.21. The molecule has 1 aliphatic heterocycles. The lowest BCUT2D eigenvalue weighted by atomic mass is 10.2. The van der Waals surface area contributed by atoms with Crippen molar-refractivity contribution in [2.45, 2.75) is 43.7 Å². The number of thioether (sulfide) groups is 1. The van der Waals surface area contributed by atoms with Gasteiger partial charge in [0.2, 0.25) is 0 Å². The third kappa shape index (κ3) is 4.86. The number of benzene rings is 1. The van der Waals surface area contributed by atoms with Gasteiger partial charge in [-0.3, -0.25) is 4.90 Å². The summed E-state index contributed by atoms with van der Waals surface area (Å²) in [5.74, 6) is 2.62. The van der Waals surface area contributed by atoms with Crippen molar-refractivity contribution in [1.82, 2.24) is 19.7 Å². The highest BCUT2D eigenvalue weighted by atomic mass is 35.5. The molecular formula is C21H25ClN4O2S. The molecule has 1 aliphatic rings. The van der Waals surface area contributed by atoms with E-state index >= 15 is 0 Å². The molecule has 6 nitrogen and oxygen atoms in total. The average molecular weight is 433 g/mol. The molecule has 1 fully saturated rings. The van der Waals surface area contributed by atoms with Crippen molar-refractivity contribution in [3.63, 3.8) is 0 Å². The molecule has 0 spiro atoms. The van der Waals surface area contributed by atoms with Gasteiger partial charge in [-0.05, 0) is 50.4 Å². The van der Waals surface area contributed by atoms with Crippen LogP contribution in [0.3, 0.4) is 0 Å². The second-order valence-corrected chi connectivity index (χ2v) is 8.45. The zero-order valence-corrected chi connectivity index (χ0v) is 18.2. The molecule has 2 aromatic heterocycles. The Morgan fingerprint density at radius 1 is 1.21 bits per heavy atom. The molecule has 1 saturated heterocycles. The maximum Gasteiger partial charge on any atom is 0.191 e. The number of aromatic nitrogens is 3. The molecule has 29 heavy (non-hydrogen) atoms. The van der Waals surface area contributed by atoms with Crippen molar-refractivity contribution in [3.8, 4) is 11.3 Å². The van der Waals surface area contributed by atoms with Crippen molar-refractivity contribution in [3.05, 3.63) is 53.0 Å². The Bertz CT molecular complexity index is 952. The Morgan fingerprint density at radius 3 is 2.83 bits per heavy atom. The number of rotatable bonds is 8. The predicted octanol–water partition coefficient (Wildman–Crippen LogP) is 4.72. The van der Waals surface area contributed by atoms with Gasteiger partial charge in [0.1, 0.15) is 17.3 Å². The second-order valence-electron chi connectivity index (χ2n) is 7.27. The van der Waals surface area contributed by atoms with Crippen LogP contribution in [0.4, 0.5) is 0 Å². The fourth-order valence-corrected chi connectivity index (χ4v) is 4.35. The maximum absolute atomic E-state index is 6.28. The van der Waals surface area contributed by atoms with Gasteiger partial charge in [-0.15, -0.1) is 10.2 Å². The summed E-state index contributed by atoms with van der Waals surface area (Å²) in [6.07, 6.45) is 4.51. The Labute approximate surface area is 180 Å². The highest BCUT2D eigenvalue weighted by molar-refractivity contribution is 7.98. The number of hydrogen-bond acceptors (Lipinski definition) is 6.